The van der Waals surface area contributed by atoms with E-state index in [9.17, 15) is 14.4 Å². The SMILES string of the molecule is Cn1c(=O)c2ccc(C(=O)Nc3ccc(N4CCCCC4)cc3)nc2n(C)c1=O. The van der Waals surface area contributed by atoms with Crippen LogP contribution in [0.15, 0.2) is 46.0 Å². The standard InChI is InChI=1S/C21H23N5O3/c1-24-18-16(20(28)25(2)21(24)29)10-11-17(23-18)19(27)22-14-6-8-15(9-7-14)26-12-4-3-5-13-26/h6-11H,3-5,12-13H2,1-2H3,(H,22,27). The summed E-state index contributed by atoms with van der Waals surface area (Å²) >= 11 is 0. The van der Waals surface area contributed by atoms with Gasteiger partial charge in [0.15, 0.2) is 0 Å². The van der Waals surface area contributed by atoms with Crippen LogP contribution in [0, 0.1) is 0 Å². The number of nitrogens with zero attached hydrogens (tertiary/aromatic N) is 4. The molecule has 1 N–H and O–H groups in total. The fourth-order valence-electron chi connectivity index (χ4n) is 3.68. The first kappa shape index (κ1) is 18.9. The normalized spacial score (nSPS) is 14.2. The van der Waals surface area contributed by atoms with Crippen molar-refractivity contribution >= 4 is 28.3 Å². The van der Waals surface area contributed by atoms with Gasteiger partial charge < -0.3 is 10.2 Å². The number of carbonyl (C=O) groups is 1. The van der Waals surface area contributed by atoms with Crippen molar-refractivity contribution < 1.29 is 4.79 Å². The summed E-state index contributed by atoms with van der Waals surface area (Å²) in [6.45, 7) is 2.12. The molecule has 0 saturated carbocycles. The molecule has 1 amide bonds. The van der Waals surface area contributed by atoms with Gasteiger partial charge in [0.1, 0.15) is 11.3 Å². The van der Waals surface area contributed by atoms with E-state index in [0.717, 1.165) is 23.3 Å². The van der Waals surface area contributed by atoms with Crippen molar-refractivity contribution in [3.8, 4) is 0 Å². The van der Waals surface area contributed by atoms with Crippen LogP contribution in [0.1, 0.15) is 29.8 Å². The van der Waals surface area contributed by atoms with Gasteiger partial charge in [-0.1, -0.05) is 0 Å². The summed E-state index contributed by atoms with van der Waals surface area (Å²) in [5, 5.41) is 3.11. The molecule has 0 unspecified atom stereocenters. The zero-order valence-electron chi connectivity index (χ0n) is 16.5. The Hall–Kier alpha value is -3.42. The number of amides is 1. The van der Waals surface area contributed by atoms with Gasteiger partial charge in [-0.3, -0.25) is 18.7 Å². The van der Waals surface area contributed by atoms with Crippen LogP contribution >= 0.6 is 0 Å². The largest absolute Gasteiger partial charge is 0.372 e. The Morgan fingerprint density at radius 3 is 2.31 bits per heavy atom. The van der Waals surface area contributed by atoms with Crippen LogP contribution < -0.4 is 21.5 Å². The average Bonchev–Trinajstić information content (AvgIpc) is 2.77. The second kappa shape index (κ2) is 7.54. The molecular weight excluding hydrogens is 370 g/mol. The van der Waals surface area contributed by atoms with Gasteiger partial charge in [-0.25, -0.2) is 9.78 Å². The third-order valence-corrected chi connectivity index (χ3v) is 5.38. The van der Waals surface area contributed by atoms with E-state index in [4.69, 9.17) is 0 Å². The summed E-state index contributed by atoms with van der Waals surface area (Å²) in [7, 11) is 2.94. The summed E-state index contributed by atoms with van der Waals surface area (Å²) in [4.78, 5) is 43.6. The maximum atomic E-state index is 12.6. The molecule has 8 nitrogen and oxygen atoms in total. The molecule has 2 aromatic heterocycles. The van der Waals surface area contributed by atoms with Crippen molar-refractivity contribution in [1.82, 2.24) is 14.1 Å². The van der Waals surface area contributed by atoms with Crippen LogP contribution in [0.2, 0.25) is 0 Å². The van der Waals surface area contributed by atoms with Crippen molar-refractivity contribution in [3.63, 3.8) is 0 Å². The highest BCUT2D eigenvalue weighted by molar-refractivity contribution is 6.03. The number of rotatable bonds is 3. The molecule has 29 heavy (non-hydrogen) atoms. The second-order valence-corrected chi connectivity index (χ2v) is 7.32. The molecule has 0 atom stereocenters. The van der Waals surface area contributed by atoms with Crippen LogP contribution in [0.25, 0.3) is 11.0 Å². The molecule has 3 aromatic rings. The molecule has 3 heterocycles. The highest BCUT2D eigenvalue weighted by Crippen LogP contribution is 2.22. The van der Waals surface area contributed by atoms with E-state index in [2.05, 4.69) is 15.2 Å². The topological polar surface area (TPSA) is 89.2 Å². The summed E-state index contributed by atoms with van der Waals surface area (Å²) < 4.78 is 2.29. The van der Waals surface area contributed by atoms with Gasteiger partial charge in [-0.05, 0) is 55.7 Å². The molecule has 1 aromatic carbocycles. The van der Waals surface area contributed by atoms with Crippen molar-refractivity contribution in [2.45, 2.75) is 19.3 Å². The fourth-order valence-corrected chi connectivity index (χ4v) is 3.68. The quantitative estimate of drug-likeness (QED) is 0.734. The number of pyridine rings is 1. The maximum absolute atomic E-state index is 12.6. The zero-order valence-corrected chi connectivity index (χ0v) is 16.5. The molecule has 1 aliphatic rings. The number of benzene rings is 1. The van der Waals surface area contributed by atoms with Crippen LogP contribution in [0.5, 0.6) is 0 Å². The van der Waals surface area contributed by atoms with Crippen LogP contribution in [0.3, 0.4) is 0 Å². The molecule has 0 spiro atoms. The van der Waals surface area contributed by atoms with Gasteiger partial charge in [-0.2, -0.15) is 0 Å². The molecule has 1 saturated heterocycles. The Bertz CT molecular complexity index is 1190. The molecule has 1 fully saturated rings. The monoisotopic (exact) mass is 393 g/mol. The Morgan fingerprint density at radius 1 is 0.931 bits per heavy atom. The lowest BCUT2D eigenvalue weighted by molar-refractivity contribution is 0.102. The van der Waals surface area contributed by atoms with Crippen molar-refractivity contribution in [2.24, 2.45) is 14.1 Å². The van der Waals surface area contributed by atoms with Crippen molar-refractivity contribution in [3.05, 3.63) is 62.9 Å². The number of anilines is 2. The summed E-state index contributed by atoms with van der Waals surface area (Å²) in [6, 6.07) is 10.8. The van der Waals surface area contributed by atoms with E-state index in [1.165, 1.54) is 50.1 Å². The molecule has 0 bridgehead atoms. The molecule has 0 radical (unpaired) electrons. The molecule has 0 aliphatic carbocycles. The van der Waals surface area contributed by atoms with Gasteiger partial charge in [0, 0.05) is 38.6 Å². The minimum atomic E-state index is -0.485. The van der Waals surface area contributed by atoms with E-state index >= 15 is 0 Å². The Labute approximate surface area is 167 Å². The smallest absolute Gasteiger partial charge is 0.332 e. The van der Waals surface area contributed by atoms with Crippen LogP contribution in [0.4, 0.5) is 11.4 Å². The number of fused-ring (bicyclic) bond motifs is 1. The highest BCUT2D eigenvalue weighted by atomic mass is 16.2. The zero-order chi connectivity index (χ0) is 20.5. The fraction of sp³-hybridized carbons (Fsp3) is 0.333. The second-order valence-electron chi connectivity index (χ2n) is 7.32. The van der Waals surface area contributed by atoms with Gasteiger partial charge in [0.25, 0.3) is 11.5 Å². The highest BCUT2D eigenvalue weighted by Gasteiger charge is 2.15. The number of aryl methyl sites for hydroxylation is 1. The summed E-state index contributed by atoms with van der Waals surface area (Å²) in [5.74, 6) is -0.397. The average molecular weight is 393 g/mol. The van der Waals surface area contributed by atoms with Gasteiger partial charge >= 0.3 is 5.69 Å². The first-order valence-electron chi connectivity index (χ1n) is 9.69. The summed E-state index contributed by atoms with van der Waals surface area (Å²) in [5.41, 5.74) is 1.22. The third-order valence-electron chi connectivity index (χ3n) is 5.38. The molecule has 150 valence electrons. The number of aromatic nitrogens is 3. The lowest BCUT2D eigenvalue weighted by atomic mass is 10.1. The van der Waals surface area contributed by atoms with Crippen LogP contribution in [-0.2, 0) is 14.1 Å². The lowest BCUT2D eigenvalue weighted by Gasteiger charge is -2.28. The summed E-state index contributed by atoms with van der Waals surface area (Å²) in [6.07, 6.45) is 3.69. The number of carbonyl (C=O) groups excluding carboxylic acids is 1. The molecule has 8 heteroatoms. The maximum Gasteiger partial charge on any atom is 0.332 e. The minimum absolute atomic E-state index is 0.140. The van der Waals surface area contributed by atoms with Crippen LogP contribution in [-0.4, -0.2) is 33.1 Å². The van der Waals surface area contributed by atoms with E-state index in [1.807, 2.05) is 24.3 Å². The lowest BCUT2D eigenvalue weighted by Crippen LogP contribution is -2.37. The number of hydrogen-bond acceptors (Lipinski definition) is 5. The molecule has 4 rings (SSSR count). The molecular formula is C21H23N5O3. The van der Waals surface area contributed by atoms with Gasteiger partial charge in [-0.15, -0.1) is 0 Å². The Kier molecular flexibility index (Phi) is 4.92. The van der Waals surface area contributed by atoms with E-state index in [1.54, 1.807) is 0 Å². The number of hydrogen-bond donors (Lipinski definition) is 1. The Morgan fingerprint density at radius 2 is 1.62 bits per heavy atom. The van der Waals surface area contributed by atoms with Gasteiger partial charge in [0.2, 0.25) is 0 Å². The van der Waals surface area contributed by atoms with Crippen molar-refractivity contribution in [1.29, 1.82) is 0 Å². The van der Waals surface area contributed by atoms with E-state index in [0.29, 0.717) is 5.69 Å². The minimum Gasteiger partial charge on any atom is -0.372 e. The molecule has 1 aliphatic heterocycles. The third kappa shape index (κ3) is 3.53. The van der Waals surface area contributed by atoms with E-state index < -0.39 is 17.2 Å². The van der Waals surface area contributed by atoms with Crippen molar-refractivity contribution in [2.75, 3.05) is 23.3 Å². The predicted octanol–water partition coefficient (Wildman–Crippen LogP) is 1.87. The van der Waals surface area contributed by atoms with E-state index in [-0.39, 0.29) is 16.7 Å². The van der Waals surface area contributed by atoms with Gasteiger partial charge in [0.05, 0.1) is 5.39 Å². The Balaban J connectivity index is 1.57. The number of piperidine rings is 1. The predicted molar refractivity (Wildman–Crippen MR) is 113 cm³/mol. The first-order chi connectivity index (χ1) is 14.0. The first-order valence-corrected chi connectivity index (χ1v) is 9.69. The number of nitrogens with one attached hydrogen (secondary N) is 1.